The Morgan fingerprint density at radius 1 is 1.26 bits per heavy atom. The first kappa shape index (κ1) is 13.4. The lowest BCUT2D eigenvalue weighted by Gasteiger charge is -2.09. The molecule has 1 amide bonds. The number of hydrogen-bond donors (Lipinski definition) is 2. The van der Waals surface area contributed by atoms with Gasteiger partial charge in [0.05, 0.1) is 6.42 Å². The summed E-state index contributed by atoms with van der Waals surface area (Å²) >= 11 is 5.99. The largest absolute Gasteiger partial charge is 0.508 e. The molecule has 0 saturated carbocycles. The van der Waals surface area contributed by atoms with E-state index in [0.29, 0.717) is 10.7 Å². The summed E-state index contributed by atoms with van der Waals surface area (Å²) in [6.07, 6.45) is 0.209. The third kappa shape index (κ3) is 3.48. The van der Waals surface area contributed by atoms with E-state index in [0.717, 1.165) is 11.1 Å². The van der Waals surface area contributed by atoms with Crippen LogP contribution in [0.2, 0.25) is 5.02 Å². The van der Waals surface area contributed by atoms with Crippen molar-refractivity contribution >= 4 is 23.2 Å². The van der Waals surface area contributed by atoms with Crippen LogP contribution in [-0.4, -0.2) is 11.0 Å². The van der Waals surface area contributed by atoms with Crippen molar-refractivity contribution in [1.29, 1.82) is 0 Å². The van der Waals surface area contributed by atoms with E-state index in [2.05, 4.69) is 5.32 Å². The van der Waals surface area contributed by atoms with E-state index in [4.69, 9.17) is 11.6 Å². The van der Waals surface area contributed by atoms with Gasteiger partial charge in [0.1, 0.15) is 5.75 Å². The van der Waals surface area contributed by atoms with Gasteiger partial charge in [0.15, 0.2) is 0 Å². The minimum Gasteiger partial charge on any atom is -0.508 e. The molecule has 2 rings (SSSR count). The van der Waals surface area contributed by atoms with E-state index in [1.807, 2.05) is 13.0 Å². The van der Waals surface area contributed by atoms with Gasteiger partial charge in [-0.05, 0) is 42.3 Å². The van der Waals surface area contributed by atoms with Crippen LogP contribution in [0.1, 0.15) is 11.1 Å². The summed E-state index contributed by atoms with van der Waals surface area (Å²) in [4.78, 5) is 11.9. The third-order valence-electron chi connectivity index (χ3n) is 2.82. The van der Waals surface area contributed by atoms with Crippen LogP contribution in [0.5, 0.6) is 5.75 Å². The zero-order valence-corrected chi connectivity index (χ0v) is 11.2. The molecule has 19 heavy (non-hydrogen) atoms. The number of carbonyl (C=O) groups excluding carboxylic acids is 1. The zero-order chi connectivity index (χ0) is 13.8. The number of rotatable bonds is 3. The molecule has 0 heterocycles. The van der Waals surface area contributed by atoms with Crippen LogP contribution in [0.3, 0.4) is 0 Å². The second-order valence-corrected chi connectivity index (χ2v) is 4.71. The molecule has 0 radical (unpaired) electrons. The smallest absolute Gasteiger partial charge is 0.228 e. The Kier molecular flexibility index (Phi) is 4.07. The lowest BCUT2D eigenvalue weighted by Crippen LogP contribution is -2.15. The van der Waals surface area contributed by atoms with Crippen molar-refractivity contribution in [2.75, 3.05) is 5.32 Å². The van der Waals surface area contributed by atoms with Gasteiger partial charge < -0.3 is 10.4 Å². The average molecular weight is 276 g/mol. The Labute approximate surface area is 116 Å². The monoisotopic (exact) mass is 275 g/mol. The van der Waals surface area contributed by atoms with Gasteiger partial charge in [0.25, 0.3) is 0 Å². The number of nitrogens with one attached hydrogen (secondary N) is 1. The van der Waals surface area contributed by atoms with E-state index in [9.17, 15) is 9.90 Å². The summed E-state index contributed by atoms with van der Waals surface area (Å²) in [7, 11) is 0. The van der Waals surface area contributed by atoms with Crippen molar-refractivity contribution in [3.8, 4) is 5.75 Å². The molecule has 3 nitrogen and oxygen atoms in total. The van der Waals surface area contributed by atoms with Crippen LogP contribution in [0, 0.1) is 6.92 Å². The quantitative estimate of drug-likeness (QED) is 0.900. The fourth-order valence-electron chi connectivity index (χ4n) is 1.79. The second kappa shape index (κ2) is 5.76. The van der Waals surface area contributed by atoms with Crippen LogP contribution in [0.25, 0.3) is 0 Å². The minimum absolute atomic E-state index is 0.143. The highest BCUT2D eigenvalue weighted by atomic mass is 35.5. The summed E-state index contributed by atoms with van der Waals surface area (Å²) in [6, 6.07) is 12.0. The Hall–Kier alpha value is -2.00. The summed E-state index contributed by atoms with van der Waals surface area (Å²) < 4.78 is 0. The normalized spacial score (nSPS) is 10.2. The lowest BCUT2D eigenvalue weighted by atomic mass is 10.1. The minimum atomic E-state index is -0.143. The standard InChI is InChI=1S/C15H14ClNO2/c1-10-13(16)6-3-7-14(10)17-15(19)9-11-4-2-5-12(18)8-11/h2-8,18H,9H2,1H3,(H,17,19). The van der Waals surface area contributed by atoms with Gasteiger partial charge in [-0.2, -0.15) is 0 Å². The molecular formula is C15H14ClNO2. The Balaban J connectivity index is 2.08. The first-order valence-electron chi connectivity index (χ1n) is 5.89. The molecule has 0 atom stereocenters. The number of phenols is 1. The van der Waals surface area contributed by atoms with Crippen molar-refractivity contribution in [1.82, 2.24) is 0 Å². The maximum Gasteiger partial charge on any atom is 0.228 e. The average Bonchev–Trinajstić information content (AvgIpc) is 2.35. The van der Waals surface area contributed by atoms with Crippen molar-refractivity contribution in [2.45, 2.75) is 13.3 Å². The van der Waals surface area contributed by atoms with Crippen molar-refractivity contribution in [2.24, 2.45) is 0 Å². The highest BCUT2D eigenvalue weighted by molar-refractivity contribution is 6.31. The molecule has 0 fully saturated rings. The number of phenolic OH excluding ortho intramolecular Hbond substituents is 1. The van der Waals surface area contributed by atoms with Crippen LogP contribution in [0.15, 0.2) is 42.5 Å². The molecule has 0 saturated heterocycles. The number of aromatic hydroxyl groups is 1. The summed E-state index contributed by atoms with van der Waals surface area (Å²) in [5, 5.41) is 12.8. The predicted octanol–water partition coefficient (Wildman–Crippen LogP) is 3.54. The molecule has 98 valence electrons. The number of halogens is 1. The summed E-state index contributed by atoms with van der Waals surface area (Å²) in [5.41, 5.74) is 2.31. The summed E-state index contributed by atoms with van der Waals surface area (Å²) in [6.45, 7) is 1.85. The van der Waals surface area contributed by atoms with Crippen LogP contribution >= 0.6 is 11.6 Å². The molecule has 0 bridgehead atoms. The van der Waals surface area contributed by atoms with Crippen molar-refractivity contribution in [3.05, 3.63) is 58.6 Å². The van der Waals surface area contributed by atoms with Crippen molar-refractivity contribution in [3.63, 3.8) is 0 Å². The third-order valence-corrected chi connectivity index (χ3v) is 3.23. The summed E-state index contributed by atoms with van der Waals surface area (Å²) in [5.74, 6) is 0.0141. The number of amides is 1. The molecule has 4 heteroatoms. The molecule has 2 aromatic carbocycles. The molecule has 0 aromatic heterocycles. The van der Waals surface area contributed by atoms with Crippen LogP contribution < -0.4 is 5.32 Å². The van der Waals surface area contributed by atoms with Crippen molar-refractivity contribution < 1.29 is 9.90 Å². The van der Waals surface area contributed by atoms with Gasteiger partial charge in [-0.3, -0.25) is 4.79 Å². The maximum atomic E-state index is 11.9. The number of hydrogen-bond acceptors (Lipinski definition) is 2. The second-order valence-electron chi connectivity index (χ2n) is 4.31. The van der Waals surface area contributed by atoms with E-state index in [1.54, 1.807) is 36.4 Å². The predicted molar refractivity (Wildman–Crippen MR) is 76.6 cm³/mol. The van der Waals surface area contributed by atoms with Gasteiger partial charge in [-0.25, -0.2) is 0 Å². The van der Waals surface area contributed by atoms with E-state index < -0.39 is 0 Å². The van der Waals surface area contributed by atoms with Gasteiger partial charge in [0.2, 0.25) is 5.91 Å². The topological polar surface area (TPSA) is 49.3 Å². The molecule has 2 N–H and O–H groups in total. The molecule has 0 spiro atoms. The van der Waals surface area contributed by atoms with Crippen LogP contribution in [0.4, 0.5) is 5.69 Å². The molecule has 0 unspecified atom stereocenters. The van der Waals surface area contributed by atoms with E-state index >= 15 is 0 Å². The molecule has 0 aliphatic rings. The van der Waals surface area contributed by atoms with Gasteiger partial charge in [-0.15, -0.1) is 0 Å². The highest BCUT2D eigenvalue weighted by Gasteiger charge is 2.07. The van der Waals surface area contributed by atoms with Gasteiger partial charge >= 0.3 is 0 Å². The molecular weight excluding hydrogens is 262 g/mol. The Morgan fingerprint density at radius 3 is 2.74 bits per heavy atom. The van der Waals surface area contributed by atoms with Gasteiger partial charge in [-0.1, -0.05) is 29.8 Å². The SMILES string of the molecule is Cc1c(Cl)cccc1NC(=O)Cc1cccc(O)c1. The maximum absolute atomic E-state index is 11.9. The number of anilines is 1. The van der Waals surface area contributed by atoms with E-state index in [1.165, 1.54) is 0 Å². The Bertz CT molecular complexity index is 611. The fraction of sp³-hybridized carbons (Fsp3) is 0.133. The highest BCUT2D eigenvalue weighted by Crippen LogP contribution is 2.23. The Morgan fingerprint density at radius 2 is 2.00 bits per heavy atom. The lowest BCUT2D eigenvalue weighted by molar-refractivity contribution is -0.115. The van der Waals surface area contributed by atoms with Gasteiger partial charge in [0, 0.05) is 10.7 Å². The zero-order valence-electron chi connectivity index (χ0n) is 10.5. The fourth-order valence-corrected chi connectivity index (χ4v) is 1.96. The number of carbonyl (C=O) groups is 1. The number of benzene rings is 2. The molecule has 0 aliphatic heterocycles. The molecule has 0 aliphatic carbocycles. The molecule has 2 aromatic rings. The first-order chi connectivity index (χ1) is 9.06. The first-order valence-corrected chi connectivity index (χ1v) is 6.27. The van der Waals surface area contributed by atoms with E-state index in [-0.39, 0.29) is 18.1 Å². The van der Waals surface area contributed by atoms with Crippen LogP contribution in [-0.2, 0) is 11.2 Å².